The Morgan fingerprint density at radius 3 is 2.70 bits per heavy atom. The Bertz CT molecular complexity index is 881. The highest BCUT2D eigenvalue weighted by Crippen LogP contribution is 2.39. The molecule has 0 spiro atoms. The number of rotatable bonds is 4. The fourth-order valence-corrected chi connectivity index (χ4v) is 3.18. The molecule has 0 unspecified atom stereocenters. The van der Waals surface area contributed by atoms with Crippen molar-refractivity contribution in [2.45, 2.75) is 19.6 Å². The van der Waals surface area contributed by atoms with Crippen LogP contribution < -0.4 is 20.3 Å². The highest BCUT2D eigenvalue weighted by Gasteiger charge is 2.33. The van der Waals surface area contributed by atoms with Crippen LogP contribution in [-0.2, 0) is 12.7 Å². The number of alkyl halides is 3. The molecule has 0 aliphatic carbocycles. The summed E-state index contributed by atoms with van der Waals surface area (Å²) in [6.45, 7) is 2.12. The van der Waals surface area contributed by atoms with E-state index in [0.717, 1.165) is 23.0 Å². The standard InChI is InChI=1S/C19H20F3N3O2/c1-11-4-5-12(8-14(11)19(20,21)22)18(26)23-9-13-16(27-3)7-6-15-17(13)25(2)10-24-15/h4-8,24H,9-10H2,1-3H3,(H,23,26). The SMILES string of the molecule is COc1ccc2c(c1CNC(=O)c1ccc(C)c(C(F)(F)F)c1)N(C)CN2. The van der Waals surface area contributed by atoms with Gasteiger partial charge in [-0.1, -0.05) is 6.07 Å². The van der Waals surface area contributed by atoms with Crippen LogP contribution in [0.2, 0.25) is 0 Å². The van der Waals surface area contributed by atoms with Gasteiger partial charge < -0.3 is 20.3 Å². The topological polar surface area (TPSA) is 53.6 Å². The average molecular weight is 379 g/mol. The highest BCUT2D eigenvalue weighted by atomic mass is 19.4. The third kappa shape index (κ3) is 3.65. The Hall–Kier alpha value is -2.90. The lowest BCUT2D eigenvalue weighted by atomic mass is 10.0. The second-order valence-corrected chi connectivity index (χ2v) is 6.39. The minimum Gasteiger partial charge on any atom is -0.496 e. The van der Waals surface area contributed by atoms with Gasteiger partial charge in [0.25, 0.3) is 5.91 Å². The van der Waals surface area contributed by atoms with Gasteiger partial charge in [0.2, 0.25) is 0 Å². The molecule has 1 amide bonds. The van der Waals surface area contributed by atoms with Gasteiger partial charge in [0.05, 0.1) is 30.7 Å². The fourth-order valence-electron chi connectivity index (χ4n) is 3.18. The van der Waals surface area contributed by atoms with E-state index < -0.39 is 17.6 Å². The molecule has 8 heteroatoms. The molecule has 0 fully saturated rings. The second-order valence-electron chi connectivity index (χ2n) is 6.39. The van der Waals surface area contributed by atoms with Crippen molar-refractivity contribution in [2.24, 2.45) is 0 Å². The fraction of sp³-hybridized carbons (Fsp3) is 0.316. The van der Waals surface area contributed by atoms with Crippen LogP contribution in [0.5, 0.6) is 5.75 Å². The first-order valence-corrected chi connectivity index (χ1v) is 8.33. The molecule has 144 valence electrons. The quantitative estimate of drug-likeness (QED) is 0.849. The Morgan fingerprint density at radius 1 is 1.30 bits per heavy atom. The molecule has 0 bridgehead atoms. The molecule has 0 aromatic heterocycles. The summed E-state index contributed by atoms with van der Waals surface area (Å²) in [6.07, 6.45) is -4.50. The van der Waals surface area contributed by atoms with Gasteiger partial charge in [0.15, 0.2) is 0 Å². The van der Waals surface area contributed by atoms with Crippen molar-refractivity contribution >= 4 is 17.3 Å². The lowest BCUT2D eigenvalue weighted by Gasteiger charge is -2.18. The van der Waals surface area contributed by atoms with Gasteiger partial charge in [0, 0.05) is 24.7 Å². The van der Waals surface area contributed by atoms with Gasteiger partial charge in [0.1, 0.15) is 5.75 Å². The van der Waals surface area contributed by atoms with Gasteiger partial charge in [-0.2, -0.15) is 13.2 Å². The molecular formula is C19H20F3N3O2. The predicted molar refractivity (Wildman–Crippen MR) is 97.2 cm³/mol. The number of anilines is 2. The summed E-state index contributed by atoms with van der Waals surface area (Å²) in [7, 11) is 3.43. The van der Waals surface area contributed by atoms with Crippen molar-refractivity contribution in [3.05, 3.63) is 52.6 Å². The first-order chi connectivity index (χ1) is 12.7. The molecule has 0 atom stereocenters. The van der Waals surface area contributed by atoms with Crippen LogP contribution in [0.4, 0.5) is 24.5 Å². The Balaban J connectivity index is 1.84. The Kier molecular flexibility index (Phi) is 4.91. The van der Waals surface area contributed by atoms with Crippen LogP contribution in [0, 0.1) is 6.92 Å². The number of methoxy groups -OCH3 is 1. The van der Waals surface area contributed by atoms with E-state index in [1.54, 1.807) is 6.07 Å². The molecule has 27 heavy (non-hydrogen) atoms. The van der Waals surface area contributed by atoms with Gasteiger partial charge >= 0.3 is 6.18 Å². The molecule has 2 N–H and O–H groups in total. The van der Waals surface area contributed by atoms with Crippen LogP contribution in [0.1, 0.15) is 27.0 Å². The lowest BCUT2D eigenvalue weighted by molar-refractivity contribution is -0.138. The maximum atomic E-state index is 13.1. The third-order valence-electron chi connectivity index (χ3n) is 4.58. The Morgan fingerprint density at radius 2 is 2.04 bits per heavy atom. The number of benzene rings is 2. The number of hydrogen-bond donors (Lipinski definition) is 2. The molecule has 5 nitrogen and oxygen atoms in total. The number of nitrogens with one attached hydrogen (secondary N) is 2. The molecule has 2 aromatic carbocycles. The van der Waals surface area contributed by atoms with Gasteiger partial charge in [-0.05, 0) is 36.8 Å². The van der Waals surface area contributed by atoms with Crippen LogP contribution in [0.15, 0.2) is 30.3 Å². The molecule has 1 aliphatic heterocycles. The third-order valence-corrected chi connectivity index (χ3v) is 4.58. The van der Waals surface area contributed by atoms with Crippen molar-refractivity contribution in [3.63, 3.8) is 0 Å². The smallest absolute Gasteiger partial charge is 0.416 e. The summed E-state index contributed by atoms with van der Waals surface area (Å²) in [5.74, 6) is 0.0262. The zero-order valence-corrected chi connectivity index (χ0v) is 15.2. The molecular weight excluding hydrogens is 359 g/mol. The van der Waals surface area contributed by atoms with E-state index in [1.165, 1.54) is 26.2 Å². The number of aryl methyl sites for hydroxylation is 1. The zero-order valence-electron chi connectivity index (χ0n) is 15.2. The zero-order chi connectivity index (χ0) is 19.8. The number of hydrogen-bond acceptors (Lipinski definition) is 4. The van der Waals surface area contributed by atoms with E-state index in [1.807, 2.05) is 18.0 Å². The van der Waals surface area contributed by atoms with E-state index in [2.05, 4.69) is 10.6 Å². The van der Waals surface area contributed by atoms with E-state index in [0.29, 0.717) is 12.4 Å². The number of carbonyl (C=O) groups is 1. The number of fused-ring (bicyclic) bond motifs is 1. The number of halogens is 3. The summed E-state index contributed by atoms with van der Waals surface area (Å²) in [5, 5.41) is 5.92. The molecule has 0 radical (unpaired) electrons. The van der Waals surface area contributed by atoms with Crippen LogP contribution in [0.25, 0.3) is 0 Å². The van der Waals surface area contributed by atoms with E-state index in [4.69, 9.17) is 4.74 Å². The maximum Gasteiger partial charge on any atom is 0.416 e. The summed E-state index contributed by atoms with van der Waals surface area (Å²) < 4.78 is 44.6. The van der Waals surface area contributed by atoms with E-state index in [-0.39, 0.29) is 17.7 Å². The van der Waals surface area contributed by atoms with Crippen LogP contribution in [-0.4, -0.2) is 26.7 Å². The van der Waals surface area contributed by atoms with E-state index >= 15 is 0 Å². The predicted octanol–water partition coefficient (Wildman–Crippen LogP) is 3.77. The van der Waals surface area contributed by atoms with Gasteiger partial charge in [-0.3, -0.25) is 4.79 Å². The summed E-state index contributed by atoms with van der Waals surface area (Å²) in [5.41, 5.74) is 1.81. The summed E-state index contributed by atoms with van der Waals surface area (Å²) in [6, 6.07) is 7.25. The molecule has 1 aliphatic rings. The minimum absolute atomic E-state index is 0.0362. The molecule has 0 saturated heterocycles. The van der Waals surface area contributed by atoms with Crippen molar-refractivity contribution in [1.29, 1.82) is 0 Å². The average Bonchev–Trinajstić information content (AvgIpc) is 3.00. The monoisotopic (exact) mass is 379 g/mol. The normalized spacial score (nSPS) is 13.2. The maximum absolute atomic E-state index is 13.1. The first-order valence-electron chi connectivity index (χ1n) is 8.33. The highest BCUT2D eigenvalue weighted by molar-refractivity contribution is 5.94. The van der Waals surface area contributed by atoms with E-state index in [9.17, 15) is 18.0 Å². The van der Waals surface area contributed by atoms with Crippen molar-refractivity contribution in [2.75, 3.05) is 31.0 Å². The van der Waals surface area contributed by atoms with Gasteiger partial charge in [-0.25, -0.2) is 0 Å². The summed E-state index contributed by atoms with van der Waals surface area (Å²) >= 11 is 0. The molecule has 1 heterocycles. The van der Waals surface area contributed by atoms with Crippen molar-refractivity contribution in [3.8, 4) is 5.75 Å². The molecule has 3 rings (SSSR count). The molecule has 0 saturated carbocycles. The molecule has 2 aromatic rings. The van der Waals surface area contributed by atoms with Crippen LogP contribution in [0.3, 0.4) is 0 Å². The lowest BCUT2D eigenvalue weighted by Crippen LogP contribution is -2.25. The number of amides is 1. The first kappa shape index (κ1) is 18.9. The Labute approximate surface area is 155 Å². The number of ether oxygens (including phenoxy) is 1. The largest absolute Gasteiger partial charge is 0.496 e. The number of nitrogens with zero attached hydrogens (tertiary/aromatic N) is 1. The second kappa shape index (κ2) is 7.02. The van der Waals surface area contributed by atoms with Crippen LogP contribution >= 0.6 is 0 Å². The minimum atomic E-state index is -4.50. The van der Waals surface area contributed by atoms with Crippen molar-refractivity contribution in [1.82, 2.24) is 5.32 Å². The van der Waals surface area contributed by atoms with Gasteiger partial charge in [-0.15, -0.1) is 0 Å². The van der Waals surface area contributed by atoms with Crippen molar-refractivity contribution < 1.29 is 22.7 Å². The number of carbonyl (C=O) groups excluding carboxylic acids is 1. The summed E-state index contributed by atoms with van der Waals surface area (Å²) in [4.78, 5) is 14.4.